The molecule has 0 bridgehead atoms. The van der Waals surface area contributed by atoms with Crippen LogP contribution in [0.3, 0.4) is 0 Å². The number of amides is 1. The topological polar surface area (TPSA) is 75.0 Å². The maximum Gasteiger partial charge on any atom is 0.283 e. The summed E-state index contributed by atoms with van der Waals surface area (Å²) in [6.07, 6.45) is 4.12. The highest BCUT2D eigenvalue weighted by atomic mass is 35.5. The van der Waals surface area contributed by atoms with E-state index in [4.69, 9.17) is 26.5 Å². The van der Waals surface area contributed by atoms with Gasteiger partial charge in [0.25, 0.3) is 5.91 Å². The first-order valence-corrected chi connectivity index (χ1v) is 10.5. The number of halogens is 1. The monoisotopic (exact) mass is 439 g/mol. The quantitative estimate of drug-likeness (QED) is 0.487. The molecule has 0 atom stereocenters. The Morgan fingerprint density at radius 3 is 2.67 bits per heavy atom. The van der Waals surface area contributed by atoms with Gasteiger partial charge in [0.15, 0.2) is 5.17 Å². The van der Waals surface area contributed by atoms with Crippen LogP contribution in [0.25, 0.3) is 6.08 Å². The maximum atomic E-state index is 12.2. The largest absolute Gasteiger partial charge is 0.493 e. The lowest BCUT2D eigenvalue weighted by Crippen LogP contribution is -2.35. The second-order valence-corrected chi connectivity index (χ2v) is 7.71. The Morgan fingerprint density at radius 2 is 1.87 bits per heavy atom. The molecule has 2 aromatic rings. The van der Waals surface area contributed by atoms with E-state index < -0.39 is 5.91 Å². The lowest BCUT2D eigenvalue weighted by Gasteiger charge is -2.22. The van der Waals surface area contributed by atoms with Crippen LogP contribution in [-0.4, -0.2) is 35.0 Å². The molecule has 1 amide bonds. The molecule has 4 rings (SSSR count). The van der Waals surface area contributed by atoms with Gasteiger partial charge in [0, 0.05) is 12.6 Å². The minimum Gasteiger partial charge on any atom is -0.493 e. The third-order valence-corrected chi connectivity index (χ3v) is 5.42. The molecule has 0 spiro atoms. The summed E-state index contributed by atoms with van der Waals surface area (Å²) in [5.74, 6) is 1.12. The normalized spacial score (nSPS) is 16.6. The summed E-state index contributed by atoms with van der Waals surface area (Å²) in [6.45, 7) is 1.01. The van der Waals surface area contributed by atoms with Crippen molar-refractivity contribution >= 4 is 46.3 Å². The number of aliphatic imine (C=N–C) groups is 1. The summed E-state index contributed by atoms with van der Waals surface area (Å²) in [7, 11) is 0. The number of benzene rings is 2. The summed E-state index contributed by atoms with van der Waals surface area (Å²) < 4.78 is 11.4. The van der Waals surface area contributed by atoms with Crippen LogP contribution in [0.2, 0.25) is 5.02 Å². The molecule has 0 saturated heterocycles. The van der Waals surface area contributed by atoms with Crippen LogP contribution < -0.4 is 9.47 Å². The zero-order chi connectivity index (χ0) is 20.9. The highest BCUT2D eigenvalue weighted by Gasteiger charge is 2.30. The number of rotatable bonds is 7. The van der Waals surface area contributed by atoms with Crippen LogP contribution in [0.4, 0.5) is 0 Å². The van der Waals surface area contributed by atoms with Gasteiger partial charge in [0.2, 0.25) is 0 Å². The fourth-order valence-electron chi connectivity index (χ4n) is 2.85. The third-order valence-electron chi connectivity index (χ3n) is 4.36. The molecule has 0 radical (unpaired) electrons. The van der Waals surface area contributed by atoms with Crippen molar-refractivity contribution in [1.82, 2.24) is 4.90 Å². The number of hydrogen-bond acceptors (Lipinski definition) is 5. The summed E-state index contributed by atoms with van der Waals surface area (Å²) >= 11 is 7.38. The number of para-hydroxylation sites is 1. The zero-order valence-corrected chi connectivity index (χ0v) is 17.4. The predicted octanol–water partition coefficient (Wildman–Crippen LogP) is 4.96. The van der Waals surface area contributed by atoms with Crippen molar-refractivity contribution in [2.75, 3.05) is 13.2 Å². The van der Waals surface area contributed by atoms with Gasteiger partial charge >= 0.3 is 0 Å². The molecule has 8 heteroatoms. The second-order valence-electron chi connectivity index (χ2n) is 6.43. The Morgan fingerprint density at radius 1 is 1.10 bits per heavy atom. The fourth-order valence-corrected chi connectivity index (χ4v) is 3.75. The Hall–Kier alpha value is -3.03. The molecular weight excluding hydrogens is 422 g/mol. The molecule has 1 N–H and O–H groups in total. The molecule has 2 aliphatic rings. The van der Waals surface area contributed by atoms with Gasteiger partial charge in [-0.2, -0.15) is 4.99 Å². The van der Waals surface area contributed by atoms with E-state index in [0.29, 0.717) is 35.6 Å². The fraction of sp³-hybridized carbons (Fsp3) is 0.136. The van der Waals surface area contributed by atoms with Crippen molar-refractivity contribution in [3.63, 3.8) is 0 Å². The number of ether oxygens (including phenoxy) is 2. The van der Waals surface area contributed by atoms with Gasteiger partial charge in [-0.05, 0) is 41.3 Å². The van der Waals surface area contributed by atoms with Crippen molar-refractivity contribution in [3.8, 4) is 11.5 Å². The van der Waals surface area contributed by atoms with E-state index in [2.05, 4.69) is 4.99 Å². The minimum absolute atomic E-state index is 0.130. The summed E-state index contributed by atoms with van der Waals surface area (Å²) in [4.78, 5) is 17.9. The van der Waals surface area contributed by atoms with E-state index in [-0.39, 0.29) is 11.4 Å². The molecule has 0 unspecified atom stereocenters. The SMILES string of the molecule is N=C1/C(=C/c2ccc(OCCCOc3ccccc3Cl)cc2)C(=O)N=C2SC=CN12. The standard InChI is InChI=1S/C22H18ClN3O3S/c23-18-4-1-2-5-19(18)29-12-3-11-28-16-8-6-15(7-9-16)14-17-20(24)26-10-13-30-22(26)25-21(17)27/h1-2,4-10,13-14,24H,3,11-12H2/b17-14-,24-20?. The van der Waals surface area contributed by atoms with Crippen LogP contribution >= 0.6 is 23.4 Å². The van der Waals surface area contributed by atoms with Gasteiger partial charge in [0.1, 0.15) is 17.3 Å². The summed E-state index contributed by atoms with van der Waals surface area (Å²) in [6, 6.07) is 14.7. The Kier molecular flexibility index (Phi) is 6.21. The van der Waals surface area contributed by atoms with Crippen molar-refractivity contribution in [1.29, 1.82) is 5.41 Å². The van der Waals surface area contributed by atoms with Crippen molar-refractivity contribution in [2.24, 2.45) is 4.99 Å². The van der Waals surface area contributed by atoms with Gasteiger partial charge in [-0.25, -0.2) is 0 Å². The summed E-state index contributed by atoms with van der Waals surface area (Å²) in [5, 5.41) is 11.2. The second kappa shape index (κ2) is 9.19. The van der Waals surface area contributed by atoms with Gasteiger partial charge in [-0.3, -0.25) is 15.1 Å². The average Bonchev–Trinajstić information content (AvgIpc) is 3.22. The Bertz CT molecular complexity index is 1060. The molecule has 0 aliphatic carbocycles. The first-order chi connectivity index (χ1) is 14.6. The zero-order valence-electron chi connectivity index (χ0n) is 15.9. The molecule has 30 heavy (non-hydrogen) atoms. The average molecular weight is 440 g/mol. The minimum atomic E-state index is -0.402. The van der Waals surface area contributed by atoms with E-state index in [1.165, 1.54) is 11.8 Å². The van der Waals surface area contributed by atoms with Crippen molar-refractivity contribution in [3.05, 3.63) is 76.3 Å². The lowest BCUT2D eigenvalue weighted by molar-refractivity contribution is -0.114. The van der Waals surface area contributed by atoms with Crippen LogP contribution in [0.15, 0.2) is 70.7 Å². The van der Waals surface area contributed by atoms with Gasteiger partial charge in [-0.1, -0.05) is 47.6 Å². The molecule has 2 heterocycles. The first-order valence-electron chi connectivity index (χ1n) is 9.28. The molecular formula is C22H18ClN3O3S. The first kappa shape index (κ1) is 20.3. The molecule has 6 nitrogen and oxygen atoms in total. The van der Waals surface area contributed by atoms with Crippen LogP contribution in [0.5, 0.6) is 11.5 Å². The smallest absolute Gasteiger partial charge is 0.283 e. The van der Waals surface area contributed by atoms with Crippen LogP contribution in [0.1, 0.15) is 12.0 Å². The van der Waals surface area contributed by atoms with Gasteiger partial charge < -0.3 is 9.47 Å². The number of nitrogens with one attached hydrogen (secondary N) is 1. The van der Waals surface area contributed by atoms with Gasteiger partial charge in [-0.15, -0.1) is 0 Å². The van der Waals surface area contributed by atoms with Crippen molar-refractivity contribution < 1.29 is 14.3 Å². The highest BCUT2D eigenvalue weighted by Crippen LogP contribution is 2.27. The van der Waals surface area contributed by atoms with E-state index in [0.717, 1.165) is 11.3 Å². The molecule has 0 aromatic heterocycles. The molecule has 0 saturated carbocycles. The Balaban J connectivity index is 1.30. The summed E-state index contributed by atoms with van der Waals surface area (Å²) in [5.41, 5.74) is 1.06. The maximum absolute atomic E-state index is 12.2. The van der Waals surface area contributed by atoms with Crippen LogP contribution in [-0.2, 0) is 4.79 Å². The number of hydrogen-bond donors (Lipinski definition) is 1. The number of carbonyl (C=O) groups excluding carboxylic acids is 1. The van der Waals surface area contributed by atoms with Crippen LogP contribution in [0, 0.1) is 5.41 Å². The molecule has 2 aromatic carbocycles. The van der Waals surface area contributed by atoms with Gasteiger partial charge in [0.05, 0.1) is 23.8 Å². The number of amidine groups is 2. The number of carbonyl (C=O) groups is 1. The molecule has 152 valence electrons. The number of fused-ring (bicyclic) bond motifs is 1. The molecule has 0 fully saturated rings. The van der Waals surface area contributed by atoms with E-state index >= 15 is 0 Å². The lowest BCUT2D eigenvalue weighted by atomic mass is 10.1. The third kappa shape index (κ3) is 4.58. The Labute approximate surface area is 183 Å². The predicted molar refractivity (Wildman–Crippen MR) is 120 cm³/mol. The van der Waals surface area contributed by atoms with E-state index in [9.17, 15) is 4.79 Å². The van der Waals surface area contributed by atoms with E-state index in [1.807, 2.05) is 42.5 Å². The highest BCUT2D eigenvalue weighted by molar-refractivity contribution is 8.16. The number of thioether (sulfide) groups is 1. The van der Waals surface area contributed by atoms with Crippen molar-refractivity contribution in [2.45, 2.75) is 6.42 Å². The van der Waals surface area contributed by atoms with E-state index in [1.54, 1.807) is 28.7 Å². The number of nitrogens with zero attached hydrogens (tertiary/aromatic N) is 2. The molecule has 2 aliphatic heterocycles.